The van der Waals surface area contributed by atoms with Crippen LogP contribution in [0.4, 0.5) is 0 Å². The zero-order valence-corrected chi connectivity index (χ0v) is 37.5. The third-order valence-electron chi connectivity index (χ3n) is 9.61. The minimum Gasteiger partial charge on any atom is -0.508 e. The van der Waals surface area contributed by atoms with E-state index in [2.05, 4.69) is 40.0 Å². The molecule has 0 saturated carbocycles. The maximum absolute atomic E-state index is 12.7. The number of aryl methyl sites for hydroxylation is 1. The summed E-state index contributed by atoms with van der Waals surface area (Å²) in [5.74, 6) is 2.50. The first kappa shape index (κ1) is 46.2. The predicted octanol–water partition coefficient (Wildman–Crippen LogP) is 10.7. The van der Waals surface area contributed by atoms with Gasteiger partial charge in [-0.25, -0.2) is 6.57 Å². The van der Waals surface area contributed by atoms with Gasteiger partial charge < -0.3 is 33.4 Å². The average molecular weight is 886 g/mol. The van der Waals surface area contributed by atoms with E-state index in [4.69, 9.17) is 24.9 Å². The second kappa shape index (κ2) is 21.7. The molecule has 0 bridgehead atoms. The van der Waals surface area contributed by atoms with Crippen LogP contribution in [0, 0.1) is 13.5 Å². The molecule has 0 aliphatic heterocycles. The molecule has 6 aromatic carbocycles. The third-order valence-corrected chi connectivity index (χ3v) is 11.3. The maximum atomic E-state index is 12.7. The predicted molar refractivity (Wildman–Crippen MR) is 255 cm³/mol. The van der Waals surface area contributed by atoms with Gasteiger partial charge >= 0.3 is 0 Å². The fourth-order valence-corrected chi connectivity index (χ4v) is 7.73. The fraction of sp³-hybridized carbons (Fsp3) is 0.137. The molecule has 3 heterocycles. The van der Waals surface area contributed by atoms with E-state index < -0.39 is 8.24 Å². The Morgan fingerprint density at radius 2 is 1.03 bits per heavy atom. The summed E-state index contributed by atoms with van der Waals surface area (Å²) in [7, 11) is 0.0716. The Morgan fingerprint density at radius 3 is 1.37 bits per heavy atom. The van der Waals surface area contributed by atoms with E-state index in [0.29, 0.717) is 68.9 Å². The molecule has 9 rings (SSSR count). The van der Waals surface area contributed by atoms with E-state index in [1.165, 1.54) is 19.6 Å². The van der Waals surface area contributed by atoms with Crippen molar-refractivity contribution in [1.29, 1.82) is 0 Å². The summed E-state index contributed by atoms with van der Waals surface area (Å²) >= 11 is 0. The van der Waals surface area contributed by atoms with Crippen LogP contribution in [0.3, 0.4) is 0 Å². The summed E-state index contributed by atoms with van der Waals surface area (Å²) in [6, 6.07) is 43.0. The third kappa shape index (κ3) is 12.4. The largest absolute Gasteiger partial charge is 0.508 e. The lowest BCUT2D eigenvalue weighted by molar-refractivity contribution is 0.306. The van der Waals surface area contributed by atoms with Crippen LogP contribution >= 0.6 is 0 Å². The number of fused-ring (bicyclic) bond motifs is 2. The Bertz CT molecular complexity index is 2940. The molecule has 0 radical (unpaired) electrons. The van der Waals surface area contributed by atoms with Gasteiger partial charge in [0.15, 0.2) is 19.1 Å². The number of ether oxygens (including phenoxy) is 2. The molecule has 0 spiro atoms. The van der Waals surface area contributed by atoms with Crippen molar-refractivity contribution in [2.45, 2.75) is 39.8 Å². The smallest absolute Gasteiger partial charge is 0.205 e. The van der Waals surface area contributed by atoms with E-state index >= 15 is 0 Å². The van der Waals surface area contributed by atoms with Gasteiger partial charge in [0.05, 0.1) is 21.9 Å². The van der Waals surface area contributed by atoms with Crippen LogP contribution in [0.2, 0.25) is 19.6 Å². The van der Waals surface area contributed by atoms with Crippen LogP contribution in [0.25, 0.3) is 49.0 Å². The van der Waals surface area contributed by atoms with E-state index in [1.807, 2.05) is 71.9 Å². The molecule has 0 atom stereocenters. The molecule has 0 fully saturated rings. The normalized spacial score (nSPS) is 10.6. The number of tetrazole rings is 1. The minimum atomic E-state index is -1.35. The van der Waals surface area contributed by atoms with E-state index in [1.54, 1.807) is 84.9 Å². The second-order valence-corrected chi connectivity index (χ2v) is 20.2. The first-order chi connectivity index (χ1) is 31.3. The number of hydrogen-bond donors (Lipinski definition) is 2. The lowest BCUT2D eigenvalue weighted by atomic mass is 10.1. The van der Waals surface area contributed by atoms with Crippen LogP contribution in [-0.4, -0.2) is 45.4 Å². The number of phenolic OH excluding ortho intramolecular Hbond substituents is 2. The van der Waals surface area contributed by atoms with Crippen molar-refractivity contribution in [1.82, 2.24) is 19.9 Å². The van der Waals surface area contributed by atoms with Gasteiger partial charge in [0.25, 0.3) is 0 Å². The van der Waals surface area contributed by atoms with E-state index in [9.17, 15) is 19.8 Å². The van der Waals surface area contributed by atoms with Gasteiger partial charge in [0.1, 0.15) is 65.7 Å². The first-order valence-corrected chi connectivity index (χ1v) is 23.8. The maximum Gasteiger partial charge on any atom is 0.205 e. The lowest BCUT2D eigenvalue weighted by Gasteiger charge is -2.15. The molecule has 3 aromatic heterocycles. The van der Waals surface area contributed by atoms with Crippen molar-refractivity contribution in [3.05, 3.63) is 207 Å². The molecule has 9 aromatic rings. The number of hydrogen-bond acceptors (Lipinski definition) is 11. The molecular weight excluding hydrogens is 839 g/mol. The van der Waals surface area contributed by atoms with Crippen molar-refractivity contribution in [2.24, 2.45) is 0 Å². The number of nitrogens with zero attached hydrogens (tertiary/aromatic N) is 5. The standard InChI is InChI=1S/2C22H16O4.C5H12N4Si.C2H3N/c2*23-17-8-6-16(7-9-17)20-14-26-21-12-18(10-11-19(21)22(20)24)25-13-15-4-2-1-3-5-15;1-5-6-7-8-9(5)10(2,3)4;1-3-2/h2*1-12,14,23H,13H2;1-4H3;1H3. The van der Waals surface area contributed by atoms with Crippen molar-refractivity contribution in [3.8, 4) is 45.3 Å². The average Bonchev–Trinajstić information content (AvgIpc) is 3.77. The Hall–Kier alpha value is -8.28. The Morgan fingerprint density at radius 1 is 0.631 bits per heavy atom. The summed E-state index contributed by atoms with van der Waals surface area (Å²) in [5.41, 5.74) is 5.15. The molecule has 13 nitrogen and oxygen atoms in total. The summed E-state index contributed by atoms with van der Waals surface area (Å²) in [6.45, 7) is 15.3. The number of phenols is 2. The molecule has 0 aliphatic rings. The minimum absolute atomic E-state index is 0.119. The van der Waals surface area contributed by atoms with Gasteiger partial charge in [-0.05, 0) is 103 Å². The Kier molecular flexibility index (Phi) is 15.4. The van der Waals surface area contributed by atoms with Crippen molar-refractivity contribution in [2.75, 3.05) is 7.05 Å². The zero-order chi connectivity index (χ0) is 46.3. The fourth-order valence-electron chi connectivity index (χ4n) is 6.41. The topological polar surface area (TPSA) is 167 Å². The van der Waals surface area contributed by atoms with Gasteiger partial charge in [-0.2, -0.15) is 0 Å². The molecule has 65 heavy (non-hydrogen) atoms. The monoisotopic (exact) mass is 885 g/mol. The molecule has 0 aliphatic carbocycles. The second-order valence-electron chi connectivity index (χ2n) is 15.4. The van der Waals surface area contributed by atoms with Crippen LogP contribution in [0.15, 0.2) is 177 Å². The lowest BCUT2D eigenvalue weighted by Crippen LogP contribution is -2.34. The van der Waals surface area contributed by atoms with Crippen molar-refractivity contribution in [3.63, 3.8) is 0 Å². The highest BCUT2D eigenvalue weighted by atomic mass is 28.3. The molecule has 0 amide bonds. The van der Waals surface area contributed by atoms with Gasteiger partial charge in [-0.15, -0.1) is 5.10 Å². The molecule has 328 valence electrons. The number of aromatic hydroxyl groups is 2. The summed E-state index contributed by atoms with van der Waals surface area (Å²) < 4.78 is 24.8. The van der Waals surface area contributed by atoms with Crippen LogP contribution < -0.4 is 20.3 Å². The van der Waals surface area contributed by atoms with Crippen molar-refractivity contribution >= 4 is 30.2 Å². The SMILES string of the molecule is Cc1nnnn1[Si](C)(C)C.O=c1c(-c2ccc(O)cc2)coc2cc(OCc3ccccc3)ccc12.O=c1c(-c2ccc(O)cc2)coc2cc(OCc3ccccc3)ccc12.[C-]#[N+]C. The number of aromatic nitrogens is 4. The van der Waals surface area contributed by atoms with Gasteiger partial charge in [-0.3, -0.25) is 13.9 Å². The van der Waals surface area contributed by atoms with Crippen molar-refractivity contribution < 1.29 is 28.5 Å². The molecule has 0 unspecified atom stereocenters. The van der Waals surface area contributed by atoms with Gasteiger partial charge in [0, 0.05) is 12.1 Å². The molecule has 14 heteroatoms. The Balaban J connectivity index is 0.000000170. The molecule has 0 saturated heterocycles. The van der Waals surface area contributed by atoms with E-state index in [-0.39, 0.29) is 22.4 Å². The molecule has 2 N–H and O–H groups in total. The highest BCUT2D eigenvalue weighted by molar-refractivity contribution is 6.74. The Labute approximate surface area is 376 Å². The van der Waals surface area contributed by atoms with Crippen LogP contribution in [-0.2, 0) is 13.2 Å². The number of benzene rings is 6. The summed E-state index contributed by atoms with van der Waals surface area (Å²) in [4.78, 5) is 28.2. The summed E-state index contributed by atoms with van der Waals surface area (Å²) in [5, 5.41) is 31.1. The van der Waals surface area contributed by atoms with E-state index in [0.717, 1.165) is 17.0 Å². The summed E-state index contributed by atoms with van der Waals surface area (Å²) in [6.07, 6.45) is 2.88. The quantitative estimate of drug-likeness (QED) is 0.105. The van der Waals surface area contributed by atoms with Crippen LogP contribution in [0.5, 0.6) is 23.0 Å². The van der Waals surface area contributed by atoms with Gasteiger partial charge in [-0.1, -0.05) is 90.1 Å². The first-order valence-electron chi connectivity index (χ1n) is 20.4. The highest BCUT2D eigenvalue weighted by Gasteiger charge is 2.20. The molecular formula is C51H47N5O8Si. The van der Waals surface area contributed by atoms with Crippen LogP contribution in [0.1, 0.15) is 17.0 Å². The highest BCUT2D eigenvalue weighted by Crippen LogP contribution is 2.26. The van der Waals surface area contributed by atoms with Gasteiger partial charge in [0.2, 0.25) is 7.05 Å². The number of rotatable bonds is 9. The zero-order valence-electron chi connectivity index (χ0n) is 36.5.